The van der Waals surface area contributed by atoms with E-state index in [1.54, 1.807) is 7.11 Å². The molecule has 78 valence electrons. The Bertz CT molecular complexity index is 141. The van der Waals surface area contributed by atoms with Gasteiger partial charge in [-0.3, -0.25) is 4.90 Å². The maximum absolute atomic E-state index is 5.15. The van der Waals surface area contributed by atoms with Crippen molar-refractivity contribution in [3.63, 3.8) is 0 Å². The number of ether oxygens (including phenoxy) is 1. The average Bonchev–Trinajstić information content (AvgIpc) is 2.54. The molecule has 1 saturated heterocycles. The molecule has 1 aliphatic rings. The monoisotopic (exact) mass is 186 g/mol. The quantitative estimate of drug-likeness (QED) is 0.684. The van der Waals surface area contributed by atoms with Gasteiger partial charge in [0.15, 0.2) is 0 Å². The van der Waals surface area contributed by atoms with E-state index in [9.17, 15) is 0 Å². The minimum Gasteiger partial charge on any atom is -0.383 e. The van der Waals surface area contributed by atoms with Gasteiger partial charge in [0.25, 0.3) is 0 Å². The van der Waals surface area contributed by atoms with Gasteiger partial charge in [-0.1, -0.05) is 6.92 Å². The normalized spacial score (nSPS) is 26.5. The molecule has 1 rings (SSSR count). The van der Waals surface area contributed by atoms with Crippen molar-refractivity contribution >= 4 is 0 Å². The maximum atomic E-state index is 5.15. The summed E-state index contributed by atoms with van der Waals surface area (Å²) in [7, 11) is 1.77. The molecule has 0 aromatic rings. The number of methoxy groups -OCH3 is 1. The third kappa shape index (κ3) is 3.25. The zero-order valence-corrected chi connectivity index (χ0v) is 9.05. The first-order valence-corrected chi connectivity index (χ1v) is 5.24. The van der Waals surface area contributed by atoms with Crippen LogP contribution >= 0.6 is 0 Å². The van der Waals surface area contributed by atoms with Gasteiger partial charge in [-0.2, -0.15) is 0 Å². The van der Waals surface area contributed by atoms with E-state index in [0.29, 0.717) is 12.1 Å². The number of likely N-dealkylation sites (N-methyl/N-ethyl adjacent to an activating group) is 1. The topological polar surface area (TPSA) is 24.5 Å². The van der Waals surface area contributed by atoms with Gasteiger partial charge in [-0.15, -0.1) is 0 Å². The van der Waals surface area contributed by atoms with Crippen LogP contribution in [0.1, 0.15) is 20.3 Å². The van der Waals surface area contributed by atoms with Gasteiger partial charge in [0.05, 0.1) is 6.61 Å². The molecule has 1 N–H and O–H groups in total. The third-order valence-electron chi connectivity index (χ3n) is 2.74. The molecule has 3 nitrogen and oxygen atoms in total. The molecule has 2 atom stereocenters. The lowest BCUT2D eigenvalue weighted by Gasteiger charge is -2.23. The lowest BCUT2D eigenvalue weighted by molar-refractivity contribution is 0.113. The van der Waals surface area contributed by atoms with Crippen LogP contribution in [0.25, 0.3) is 0 Å². The molecular weight excluding hydrogens is 164 g/mol. The smallest absolute Gasteiger partial charge is 0.0615 e. The molecule has 1 fully saturated rings. The van der Waals surface area contributed by atoms with Gasteiger partial charge in [0, 0.05) is 32.3 Å². The first-order chi connectivity index (χ1) is 6.27. The van der Waals surface area contributed by atoms with Crippen LogP contribution in [-0.4, -0.2) is 50.3 Å². The molecule has 0 saturated carbocycles. The molecule has 0 aromatic carbocycles. The second kappa shape index (κ2) is 5.58. The summed E-state index contributed by atoms with van der Waals surface area (Å²) in [6, 6.07) is 1.26. The predicted octanol–water partition coefficient (Wildman–Crippen LogP) is 0.705. The second-order valence-electron chi connectivity index (χ2n) is 3.84. The Morgan fingerprint density at radius 3 is 3.00 bits per heavy atom. The van der Waals surface area contributed by atoms with Crippen molar-refractivity contribution in [2.24, 2.45) is 0 Å². The number of hydrogen-bond acceptors (Lipinski definition) is 3. The largest absolute Gasteiger partial charge is 0.383 e. The van der Waals surface area contributed by atoms with E-state index < -0.39 is 0 Å². The van der Waals surface area contributed by atoms with Crippen molar-refractivity contribution in [2.45, 2.75) is 32.4 Å². The number of hydrogen-bond donors (Lipinski definition) is 1. The fourth-order valence-corrected chi connectivity index (χ4v) is 1.99. The molecule has 3 heteroatoms. The van der Waals surface area contributed by atoms with Gasteiger partial charge >= 0.3 is 0 Å². The third-order valence-corrected chi connectivity index (χ3v) is 2.74. The van der Waals surface area contributed by atoms with E-state index in [1.807, 2.05) is 0 Å². The molecule has 13 heavy (non-hydrogen) atoms. The lowest BCUT2D eigenvalue weighted by atomic mass is 10.2. The highest BCUT2D eigenvalue weighted by atomic mass is 16.5. The standard InChI is InChI=1S/C10H22N2O/c1-4-11-10-5-6-12(7-10)9(2)8-13-3/h9-11H,4-8H2,1-3H3. The second-order valence-corrected chi connectivity index (χ2v) is 3.84. The molecule has 2 unspecified atom stereocenters. The Hall–Kier alpha value is -0.120. The number of likely N-dealkylation sites (tertiary alicyclic amines) is 1. The minimum absolute atomic E-state index is 0.564. The molecule has 0 radical (unpaired) electrons. The van der Waals surface area contributed by atoms with Crippen LogP contribution in [0.2, 0.25) is 0 Å². The molecule has 0 aliphatic carbocycles. The van der Waals surface area contributed by atoms with E-state index in [4.69, 9.17) is 4.74 Å². The van der Waals surface area contributed by atoms with Crippen LogP contribution in [-0.2, 0) is 4.74 Å². The molecule has 0 amide bonds. The van der Waals surface area contributed by atoms with E-state index in [2.05, 4.69) is 24.1 Å². The Morgan fingerprint density at radius 2 is 2.38 bits per heavy atom. The van der Waals surface area contributed by atoms with E-state index in [1.165, 1.54) is 19.5 Å². The average molecular weight is 186 g/mol. The van der Waals surface area contributed by atoms with Crippen LogP contribution in [0.15, 0.2) is 0 Å². The fourth-order valence-electron chi connectivity index (χ4n) is 1.99. The molecule has 1 aliphatic heterocycles. The SMILES string of the molecule is CCNC1CCN(C(C)COC)C1. The van der Waals surface area contributed by atoms with Gasteiger partial charge in [0.2, 0.25) is 0 Å². The first-order valence-electron chi connectivity index (χ1n) is 5.24. The molecule has 0 bridgehead atoms. The zero-order valence-electron chi connectivity index (χ0n) is 9.05. The van der Waals surface area contributed by atoms with Crippen LogP contribution in [0.3, 0.4) is 0 Å². The van der Waals surface area contributed by atoms with Crippen molar-refractivity contribution in [1.82, 2.24) is 10.2 Å². The molecule has 0 spiro atoms. The zero-order chi connectivity index (χ0) is 9.68. The number of nitrogens with one attached hydrogen (secondary N) is 1. The molecular formula is C10H22N2O. The number of rotatable bonds is 5. The van der Waals surface area contributed by atoms with E-state index in [0.717, 1.165) is 13.2 Å². The van der Waals surface area contributed by atoms with Crippen molar-refractivity contribution in [3.05, 3.63) is 0 Å². The van der Waals surface area contributed by atoms with Crippen LogP contribution in [0, 0.1) is 0 Å². The number of nitrogens with zero attached hydrogens (tertiary/aromatic N) is 1. The first kappa shape index (κ1) is 11.0. The summed E-state index contributed by atoms with van der Waals surface area (Å²) in [5.74, 6) is 0. The van der Waals surface area contributed by atoms with Gasteiger partial charge in [-0.05, 0) is 19.9 Å². The Kier molecular flexibility index (Phi) is 4.70. The summed E-state index contributed by atoms with van der Waals surface area (Å²) in [6.45, 7) is 8.72. The lowest BCUT2D eigenvalue weighted by Crippen LogP contribution is -2.38. The van der Waals surface area contributed by atoms with Crippen LogP contribution in [0.5, 0.6) is 0 Å². The van der Waals surface area contributed by atoms with Crippen LogP contribution in [0.4, 0.5) is 0 Å². The van der Waals surface area contributed by atoms with Crippen molar-refractivity contribution in [2.75, 3.05) is 33.4 Å². The van der Waals surface area contributed by atoms with Gasteiger partial charge in [0.1, 0.15) is 0 Å². The summed E-state index contributed by atoms with van der Waals surface area (Å²) in [6.07, 6.45) is 1.28. The van der Waals surface area contributed by atoms with Gasteiger partial charge < -0.3 is 10.1 Å². The van der Waals surface area contributed by atoms with E-state index >= 15 is 0 Å². The van der Waals surface area contributed by atoms with Crippen LogP contribution < -0.4 is 5.32 Å². The highest BCUT2D eigenvalue weighted by molar-refractivity contribution is 4.83. The van der Waals surface area contributed by atoms with E-state index in [-0.39, 0.29) is 0 Å². The predicted molar refractivity (Wildman–Crippen MR) is 55.0 cm³/mol. The highest BCUT2D eigenvalue weighted by Crippen LogP contribution is 2.12. The van der Waals surface area contributed by atoms with Crippen molar-refractivity contribution in [1.29, 1.82) is 0 Å². The Balaban J connectivity index is 2.23. The summed E-state index contributed by atoms with van der Waals surface area (Å²) in [5.41, 5.74) is 0. The summed E-state index contributed by atoms with van der Waals surface area (Å²) >= 11 is 0. The van der Waals surface area contributed by atoms with Gasteiger partial charge in [-0.25, -0.2) is 0 Å². The molecule has 0 aromatic heterocycles. The fraction of sp³-hybridized carbons (Fsp3) is 1.00. The molecule has 1 heterocycles. The summed E-state index contributed by atoms with van der Waals surface area (Å²) in [5, 5.41) is 3.49. The van der Waals surface area contributed by atoms with Crippen molar-refractivity contribution in [3.8, 4) is 0 Å². The minimum atomic E-state index is 0.564. The Labute approximate surface area is 81.4 Å². The highest BCUT2D eigenvalue weighted by Gasteiger charge is 2.24. The maximum Gasteiger partial charge on any atom is 0.0615 e. The summed E-state index contributed by atoms with van der Waals surface area (Å²) < 4.78 is 5.15. The summed E-state index contributed by atoms with van der Waals surface area (Å²) in [4.78, 5) is 2.50. The van der Waals surface area contributed by atoms with Crippen molar-refractivity contribution < 1.29 is 4.74 Å². The Morgan fingerprint density at radius 1 is 1.62 bits per heavy atom.